The van der Waals surface area contributed by atoms with Gasteiger partial charge in [-0.3, -0.25) is 19.9 Å². The molecule has 3 aromatic carbocycles. The fourth-order valence-electron chi connectivity index (χ4n) is 12.4. The molecule has 0 radical (unpaired) electrons. The zero-order valence-corrected chi connectivity index (χ0v) is 40.9. The van der Waals surface area contributed by atoms with Crippen LogP contribution in [0, 0.1) is 47.1 Å². The number of halogens is 2. The van der Waals surface area contributed by atoms with Crippen LogP contribution in [-0.4, -0.2) is 119 Å². The highest BCUT2D eigenvalue weighted by Gasteiger charge is 2.46. The predicted octanol–water partition coefficient (Wildman–Crippen LogP) is 7.99. The smallest absolute Gasteiger partial charge is 0.319 e. The number of aromatic nitrogens is 3. The number of amides is 2. The number of phenols is 1. The van der Waals surface area contributed by atoms with Crippen molar-refractivity contribution < 1.29 is 28.2 Å². The van der Waals surface area contributed by atoms with Gasteiger partial charge >= 0.3 is 6.01 Å². The molecule has 6 aliphatic rings. The summed E-state index contributed by atoms with van der Waals surface area (Å²) in [6, 6.07) is 14.3. The standard InChI is InChI=1S/C56H65F2N9O4/c1-4-43-46(57)10-7-38-25-42(68)26-44(49(38)43)51-50(58)52-45(27-59-51)53(67-29-40-23-33(2)34(3)24-41(30-67)60-40)64-55(63-52)71-32-56(17-18-56)31-66-19-13-35(14-20-66)28-65-21-15-37(16-22-65)36-5-8-39(9-6-36)61-47-11-12-48(69)62-54(47)70/h1,5-10,25-27,33-35,37,40-41,47,60-61,68H,11-24,28-32H2,2-3H3,(H,62,69,70). The summed E-state index contributed by atoms with van der Waals surface area (Å²) in [7, 11) is 0. The van der Waals surface area contributed by atoms with Crippen LogP contribution in [0.15, 0.2) is 54.7 Å². The summed E-state index contributed by atoms with van der Waals surface area (Å²) in [5.41, 5.74) is 2.33. The Morgan fingerprint density at radius 3 is 2.32 bits per heavy atom. The van der Waals surface area contributed by atoms with Crippen molar-refractivity contribution in [2.24, 2.45) is 23.2 Å². The van der Waals surface area contributed by atoms with Gasteiger partial charge in [-0.1, -0.05) is 38.0 Å². The van der Waals surface area contributed by atoms with E-state index in [-0.39, 0.29) is 69.5 Å². The van der Waals surface area contributed by atoms with Gasteiger partial charge in [0.25, 0.3) is 0 Å². The summed E-state index contributed by atoms with van der Waals surface area (Å²) >= 11 is 0. The third-order valence-corrected chi connectivity index (χ3v) is 16.8. The second-order valence-corrected chi connectivity index (χ2v) is 21.9. The number of phenolic OH excluding ortho intramolecular Hbond substituents is 1. The first kappa shape index (κ1) is 47.4. The van der Waals surface area contributed by atoms with Crippen molar-refractivity contribution in [1.82, 2.24) is 35.4 Å². The third-order valence-electron chi connectivity index (χ3n) is 16.8. The molecule has 1 aliphatic carbocycles. The number of ether oxygens (including phenoxy) is 1. The summed E-state index contributed by atoms with van der Waals surface area (Å²) in [5.74, 6) is 3.42. The number of anilines is 2. The lowest BCUT2D eigenvalue weighted by Gasteiger charge is -2.39. The lowest BCUT2D eigenvalue weighted by Crippen LogP contribution is -2.56. The molecule has 5 saturated heterocycles. The number of piperazine rings is 1. The van der Waals surface area contributed by atoms with Crippen LogP contribution in [0.1, 0.15) is 95.1 Å². The molecule has 372 valence electrons. The van der Waals surface area contributed by atoms with Crippen LogP contribution in [0.25, 0.3) is 32.9 Å². The van der Waals surface area contributed by atoms with Gasteiger partial charge in [0.1, 0.15) is 34.6 Å². The van der Waals surface area contributed by atoms with Crippen molar-refractivity contribution in [2.75, 3.05) is 69.2 Å². The molecule has 5 aromatic rings. The number of carbonyl (C=O) groups is 2. The van der Waals surface area contributed by atoms with Crippen LogP contribution < -0.4 is 25.6 Å². The van der Waals surface area contributed by atoms with E-state index in [1.165, 1.54) is 42.7 Å². The normalized spacial score (nSPS) is 25.5. The molecule has 5 atom stereocenters. The van der Waals surface area contributed by atoms with Gasteiger partial charge in [0.2, 0.25) is 11.8 Å². The highest BCUT2D eigenvalue weighted by atomic mass is 19.1. The number of nitrogens with zero attached hydrogens (tertiary/aromatic N) is 6. The number of hydrogen-bond acceptors (Lipinski definition) is 12. The Bertz CT molecular complexity index is 2850. The van der Waals surface area contributed by atoms with Crippen molar-refractivity contribution in [3.63, 3.8) is 0 Å². The average molecular weight is 966 g/mol. The number of benzene rings is 3. The minimum Gasteiger partial charge on any atom is -0.508 e. The lowest BCUT2D eigenvalue weighted by atomic mass is 9.88. The molecular formula is C56H65F2N9O4. The maximum Gasteiger partial charge on any atom is 0.319 e. The number of piperidine rings is 3. The molecule has 15 heteroatoms. The van der Waals surface area contributed by atoms with E-state index >= 15 is 8.78 Å². The molecule has 13 nitrogen and oxygen atoms in total. The van der Waals surface area contributed by atoms with Crippen LogP contribution in [0.3, 0.4) is 0 Å². The first-order valence-corrected chi connectivity index (χ1v) is 25.9. The number of pyridine rings is 1. The molecule has 7 heterocycles. The largest absolute Gasteiger partial charge is 0.508 e. The number of aromatic hydroxyl groups is 1. The van der Waals surface area contributed by atoms with Crippen LogP contribution in [-0.2, 0) is 9.59 Å². The van der Waals surface area contributed by atoms with Gasteiger partial charge < -0.3 is 35.2 Å². The molecule has 71 heavy (non-hydrogen) atoms. The molecule has 6 fully saturated rings. The highest BCUT2D eigenvalue weighted by Crippen LogP contribution is 2.47. The van der Waals surface area contributed by atoms with Crippen LogP contribution in [0.4, 0.5) is 20.3 Å². The van der Waals surface area contributed by atoms with E-state index in [4.69, 9.17) is 21.1 Å². The summed E-state index contributed by atoms with van der Waals surface area (Å²) in [6.07, 6.45) is 17.0. The molecule has 5 unspecified atom stereocenters. The van der Waals surface area contributed by atoms with Gasteiger partial charge in [-0.2, -0.15) is 9.97 Å². The van der Waals surface area contributed by atoms with E-state index in [1.807, 2.05) is 0 Å². The summed E-state index contributed by atoms with van der Waals surface area (Å²) < 4.78 is 39.1. The molecule has 1 saturated carbocycles. The minimum absolute atomic E-state index is 0.0270. The Morgan fingerprint density at radius 2 is 1.63 bits per heavy atom. The van der Waals surface area contributed by atoms with Crippen molar-refractivity contribution in [2.45, 2.75) is 102 Å². The molecule has 2 amide bonds. The minimum atomic E-state index is -0.717. The second kappa shape index (κ2) is 19.6. The fourth-order valence-corrected chi connectivity index (χ4v) is 12.4. The molecular weight excluding hydrogens is 901 g/mol. The number of terminal acetylenes is 1. The Balaban J connectivity index is 0.745. The number of rotatable bonds is 12. The first-order chi connectivity index (χ1) is 34.4. The lowest BCUT2D eigenvalue weighted by molar-refractivity contribution is -0.133. The number of fused-ring (bicyclic) bond motifs is 4. The van der Waals surface area contributed by atoms with Gasteiger partial charge in [-0.25, -0.2) is 8.78 Å². The highest BCUT2D eigenvalue weighted by molar-refractivity contribution is 6.03. The van der Waals surface area contributed by atoms with E-state index < -0.39 is 11.6 Å². The number of carbonyl (C=O) groups excluding carboxylic acids is 2. The molecule has 2 aromatic heterocycles. The Labute approximate surface area is 414 Å². The van der Waals surface area contributed by atoms with Crippen molar-refractivity contribution >= 4 is 45.0 Å². The summed E-state index contributed by atoms with van der Waals surface area (Å²) in [5, 5.41) is 21.6. The van der Waals surface area contributed by atoms with E-state index in [0.29, 0.717) is 78.2 Å². The van der Waals surface area contributed by atoms with Crippen molar-refractivity contribution in [1.29, 1.82) is 0 Å². The van der Waals surface area contributed by atoms with Gasteiger partial charge in [0.05, 0.1) is 17.6 Å². The SMILES string of the molecule is C#Cc1c(F)ccc2cc(O)cc(-c3ncc4c(N5CC6CC(C)C(C)CC(C5)N6)nc(OCC5(CN6CCC(CN7CCC(c8ccc(NC9CCC(=O)NC9=O)cc8)CC7)CC6)CC5)nc4c3F)c12. The maximum absolute atomic E-state index is 17.3. The monoisotopic (exact) mass is 966 g/mol. The maximum atomic E-state index is 17.3. The zero-order valence-electron chi connectivity index (χ0n) is 40.9. The Morgan fingerprint density at radius 1 is 0.915 bits per heavy atom. The number of likely N-dealkylation sites (tertiary alicyclic amines) is 2. The van der Waals surface area contributed by atoms with Gasteiger partial charge in [-0.05, 0) is 149 Å². The van der Waals surface area contributed by atoms with Gasteiger partial charge in [-0.15, -0.1) is 6.42 Å². The average Bonchev–Trinajstić information content (AvgIpc) is 4.15. The van der Waals surface area contributed by atoms with E-state index in [2.05, 4.69) is 79.7 Å². The fraction of sp³-hybridized carbons (Fsp3) is 0.518. The summed E-state index contributed by atoms with van der Waals surface area (Å²) in [6.45, 7) is 12.8. The topological polar surface area (TPSA) is 148 Å². The number of hydrogen-bond donors (Lipinski definition) is 4. The van der Waals surface area contributed by atoms with Crippen LogP contribution >= 0.6 is 0 Å². The number of nitrogens with one attached hydrogen (secondary N) is 3. The quantitative estimate of drug-likeness (QED) is 0.0710. The van der Waals surface area contributed by atoms with E-state index in [9.17, 15) is 14.7 Å². The Hall–Kier alpha value is -5.95. The van der Waals surface area contributed by atoms with E-state index in [1.54, 1.807) is 6.20 Å². The molecule has 0 spiro atoms. The molecule has 5 aliphatic heterocycles. The predicted molar refractivity (Wildman–Crippen MR) is 271 cm³/mol. The van der Waals surface area contributed by atoms with E-state index in [0.717, 1.165) is 83.5 Å². The second-order valence-electron chi connectivity index (χ2n) is 21.9. The van der Waals surface area contributed by atoms with Crippen molar-refractivity contribution in [3.05, 3.63) is 77.5 Å². The first-order valence-electron chi connectivity index (χ1n) is 25.9. The zero-order chi connectivity index (χ0) is 49.0. The van der Waals surface area contributed by atoms with Crippen molar-refractivity contribution in [3.8, 4) is 35.4 Å². The summed E-state index contributed by atoms with van der Waals surface area (Å²) in [4.78, 5) is 45.7. The van der Waals surface area contributed by atoms with Gasteiger partial charge in [0.15, 0.2) is 5.82 Å². The third kappa shape index (κ3) is 10.00. The Kier molecular flexibility index (Phi) is 13.1. The van der Waals surface area contributed by atoms with Gasteiger partial charge in [0, 0.05) is 72.9 Å². The molecule has 11 rings (SSSR count). The molecule has 4 N–H and O–H groups in total. The molecule has 2 bridgehead atoms. The van der Waals surface area contributed by atoms with Crippen LogP contribution in [0.5, 0.6) is 11.8 Å². The number of imide groups is 1. The van der Waals surface area contributed by atoms with Crippen LogP contribution in [0.2, 0.25) is 0 Å².